The van der Waals surface area contributed by atoms with Crippen LogP contribution in [-0.4, -0.2) is 43.7 Å². The van der Waals surface area contributed by atoms with E-state index in [0.717, 1.165) is 12.8 Å². The topological polar surface area (TPSA) is 86.4 Å². The molecule has 29 heavy (non-hydrogen) atoms. The lowest BCUT2D eigenvalue weighted by atomic mass is 9.82. The first kappa shape index (κ1) is 21.4. The van der Waals surface area contributed by atoms with Gasteiger partial charge in [-0.05, 0) is 53.0 Å². The van der Waals surface area contributed by atoms with Crippen molar-refractivity contribution in [1.82, 2.24) is 5.32 Å². The number of esters is 1. The highest BCUT2D eigenvalue weighted by Crippen LogP contribution is 2.61. The largest absolute Gasteiger partial charge is 0.461 e. The zero-order valence-corrected chi connectivity index (χ0v) is 17.8. The van der Waals surface area contributed by atoms with E-state index in [-0.39, 0.29) is 24.5 Å². The van der Waals surface area contributed by atoms with Gasteiger partial charge < -0.3 is 24.3 Å². The minimum atomic E-state index is -0.786. The minimum Gasteiger partial charge on any atom is -0.461 e. The molecule has 3 aliphatic rings. The van der Waals surface area contributed by atoms with Crippen molar-refractivity contribution < 1.29 is 28.5 Å². The molecule has 7 nitrogen and oxygen atoms in total. The summed E-state index contributed by atoms with van der Waals surface area (Å²) in [5, 5.41) is 2.42. The highest BCUT2D eigenvalue weighted by atomic mass is 16.7. The molecular weight excluding hydrogens is 374 g/mol. The van der Waals surface area contributed by atoms with Gasteiger partial charge in [-0.1, -0.05) is 17.2 Å². The smallest absolute Gasteiger partial charge is 0.409 e. The molecule has 5 unspecified atom stereocenters. The molecule has 160 valence electrons. The molecule has 2 heterocycles. The van der Waals surface area contributed by atoms with Crippen LogP contribution in [0.4, 0.5) is 4.79 Å². The number of alkyl carbamates (subject to hydrolysis) is 1. The molecular formula is C22H31NO6. The van der Waals surface area contributed by atoms with Gasteiger partial charge in [-0.3, -0.25) is 0 Å². The highest BCUT2D eigenvalue weighted by molar-refractivity contribution is 5.89. The van der Waals surface area contributed by atoms with Crippen LogP contribution in [0.2, 0.25) is 0 Å². The van der Waals surface area contributed by atoms with Crippen LogP contribution < -0.4 is 5.32 Å². The van der Waals surface area contributed by atoms with Crippen LogP contribution in [0.25, 0.3) is 0 Å². The minimum absolute atomic E-state index is 0.0448. The van der Waals surface area contributed by atoms with E-state index in [0.29, 0.717) is 12.0 Å². The van der Waals surface area contributed by atoms with E-state index >= 15 is 0 Å². The lowest BCUT2D eigenvalue weighted by molar-refractivity contribution is -0.151. The molecule has 2 aliphatic heterocycles. The van der Waals surface area contributed by atoms with Crippen molar-refractivity contribution in [1.29, 1.82) is 0 Å². The molecule has 1 aliphatic carbocycles. The predicted octanol–water partition coefficient (Wildman–Crippen LogP) is 3.61. The second-order valence-electron chi connectivity index (χ2n) is 8.36. The number of amides is 1. The van der Waals surface area contributed by atoms with Crippen LogP contribution in [0.5, 0.6) is 0 Å². The second-order valence-corrected chi connectivity index (χ2v) is 8.36. The van der Waals surface area contributed by atoms with E-state index in [1.54, 1.807) is 0 Å². The van der Waals surface area contributed by atoms with Gasteiger partial charge in [0.15, 0.2) is 0 Å². The lowest BCUT2D eigenvalue weighted by Gasteiger charge is -2.35. The maximum Gasteiger partial charge on any atom is 0.409 e. The SMILES string of the molecule is CNC(=O)OC1OC=C(C(=O)OC/C=C(\C)CCC=C(C)C)C2CC3OC3(C)C12. The molecule has 5 atom stereocenters. The summed E-state index contributed by atoms with van der Waals surface area (Å²) in [5.74, 6) is -0.743. The van der Waals surface area contributed by atoms with Gasteiger partial charge in [0.1, 0.15) is 12.2 Å². The average Bonchev–Trinajstić information content (AvgIpc) is 3.22. The first-order valence-electron chi connectivity index (χ1n) is 10.1. The second kappa shape index (κ2) is 8.61. The number of nitrogens with one attached hydrogen (secondary N) is 1. The molecule has 1 saturated heterocycles. The number of allylic oxidation sites excluding steroid dienone is 3. The van der Waals surface area contributed by atoms with E-state index < -0.39 is 24.0 Å². The number of ether oxygens (including phenoxy) is 4. The van der Waals surface area contributed by atoms with Crippen molar-refractivity contribution in [3.05, 3.63) is 35.1 Å². The summed E-state index contributed by atoms with van der Waals surface area (Å²) in [4.78, 5) is 24.3. The Balaban J connectivity index is 1.60. The molecule has 7 heteroatoms. The van der Waals surface area contributed by atoms with E-state index in [1.807, 2.05) is 19.9 Å². The summed E-state index contributed by atoms with van der Waals surface area (Å²) < 4.78 is 22.2. The summed E-state index contributed by atoms with van der Waals surface area (Å²) in [7, 11) is 1.49. The van der Waals surface area contributed by atoms with E-state index in [9.17, 15) is 9.59 Å². The maximum atomic E-state index is 12.7. The van der Waals surface area contributed by atoms with Crippen molar-refractivity contribution in [2.24, 2.45) is 11.8 Å². The number of carbonyl (C=O) groups excluding carboxylic acids is 2. The van der Waals surface area contributed by atoms with Gasteiger partial charge in [0, 0.05) is 13.0 Å². The van der Waals surface area contributed by atoms with E-state index in [1.165, 1.54) is 24.5 Å². The molecule has 0 bridgehead atoms. The molecule has 0 spiro atoms. The van der Waals surface area contributed by atoms with Crippen LogP contribution in [0.3, 0.4) is 0 Å². The summed E-state index contributed by atoms with van der Waals surface area (Å²) >= 11 is 0. The number of fused-ring (bicyclic) bond motifs is 3. The van der Waals surface area contributed by atoms with Gasteiger partial charge >= 0.3 is 12.1 Å². The Kier molecular flexibility index (Phi) is 6.36. The zero-order valence-electron chi connectivity index (χ0n) is 17.8. The maximum absolute atomic E-state index is 12.7. The van der Waals surface area contributed by atoms with Crippen LogP contribution in [0.1, 0.15) is 47.0 Å². The monoisotopic (exact) mass is 405 g/mol. The molecule has 3 rings (SSSR count). The van der Waals surface area contributed by atoms with Crippen molar-refractivity contribution >= 4 is 12.1 Å². The Morgan fingerprint density at radius 3 is 2.76 bits per heavy atom. The molecule has 0 aromatic heterocycles. The first-order chi connectivity index (χ1) is 13.8. The summed E-state index contributed by atoms with van der Waals surface area (Å²) in [5.41, 5.74) is 2.53. The fourth-order valence-corrected chi connectivity index (χ4v) is 4.22. The van der Waals surface area contributed by atoms with Crippen molar-refractivity contribution in [2.45, 2.75) is 65.0 Å². The average molecular weight is 405 g/mol. The molecule has 2 fully saturated rings. The normalized spacial score (nSPS) is 32.2. The van der Waals surface area contributed by atoms with Gasteiger partial charge in [-0.25, -0.2) is 9.59 Å². The standard InChI is InChI=1S/C22H31NO6/c1-13(2)7-6-8-14(3)9-10-26-19(24)16-12-27-20(28-21(25)23-5)18-15(16)11-17-22(18,4)29-17/h7,9,12,15,17-18,20H,6,8,10-11H2,1-5H3,(H,23,25)/b14-9+. The number of hydrogen-bond acceptors (Lipinski definition) is 6. The van der Waals surface area contributed by atoms with Gasteiger partial charge in [-0.2, -0.15) is 0 Å². The van der Waals surface area contributed by atoms with Crippen molar-refractivity contribution in [2.75, 3.05) is 13.7 Å². The molecule has 1 amide bonds. The predicted molar refractivity (Wildman–Crippen MR) is 107 cm³/mol. The Morgan fingerprint density at radius 1 is 1.31 bits per heavy atom. The van der Waals surface area contributed by atoms with Crippen LogP contribution in [0.15, 0.2) is 35.1 Å². The van der Waals surface area contributed by atoms with Crippen LogP contribution in [-0.2, 0) is 23.7 Å². The highest BCUT2D eigenvalue weighted by Gasteiger charge is 2.71. The third-order valence-electron chi connectivity index (χ3n) is 5.96. The van der Waals surface area contributed by atoms with Crippen LogP contribution >= 0.6 is 0 Å². The third-order valence-corrected chi connectivity index (χ3v) is 5.96. The molecule has 1 saturated carbocycles. The number of rotatable bonds is 7. The summed E-state index contributed by atoms with van der Waals surface area (Å²) in [6, 6.07) is 0. The zero-order chi connectivity index (χ0) is 21.2. The Bertz CT molecular complexity index is 750. The Labute approximate surface area is 172 Å². The molecule has 0 aromatic carbocycles. The van der Waals surface area contributed by atoms with Gasteiger partial charge in [-0.15, -0.1) is 0 Å². The van der Waals surface area contributed by atoms with E-state index in [4.69, 9.17) is 18.9 Å². The fraction of sp³-hybridized carbons (Fsp3) is 0.636. The van der Waals surface area contributed by atoms with Crippen molar-refractivity contribution in [3.63, 3.8) is 0 Å². The third kappa shape index (κ3) is 4.66. The summed E-state index contributed by atoms with van der Waals surface area (Å²) in [6.07, 6.45) is 6.81. The molecule has 0 radical (unpaired) electrons. The van der Waals surface area contributed by atoms with Gasteiger partial charge in [0.2, 0.25) is 0 Å². The van der Waals surface area contributed by atoms with Gasteiger partial charge in [0.25, 0.3) is 6.29 Å². The number of epoxide rings is 1. The summed E-state index contributed by atoms with van der Waals surface area (Å²) in [6.45, 7) is 8.39. The van der Waals surface area contributed by atoms with E-state index in [2.05, 4.69) is 25.2 Å². The van der Waals surface area contributed by atoms with Gasteiger partial charge in [0.05, 0.1) is 23.9 Å². The fourth-order valence-electron chi connectivity index (χ4n) is 4.22. The Hall–Kier alpha value is -2.28. The number of hydrogen-bond donors (Lipinski definition) is 1. The quantitative estimate of drug-likeness (QED) is 0.396. The number of carbonyl (C=O) groups is 2. The Morgan fingerprint density at radius 2 is 2.07 bits per heavy atom. The van der Waals surface area contributed by atoms with Crippen LogP contribution in [0, 0.1) is 11.8 Å². The molecule has 1 N–H and O–H groups in total. The lowest BCUT2D eigenvalue weighted by Crippen LogP contribution is -2.44. The first-order valence-corrected chi connectivity index (χ1v) is 10.1. The molecule has 0 aromatic rings. The van der Waals surface area contributed by atoms with Crippen molar-refractivity contribution in [3.8, 4) is 0 Å².